The molecule has 4 rings (SSSR count). The molecule has 1 atom stereocenters. The van der Waals surface area contributed by atoms with E-state index in [4.69, 9.17) is 14.2 Å². The minimum absolute atomic E-state index is 0.0155. The van der Waals surface area contributed by atoms with Gasteiger partial charge in [0, 0.05) is 18.2 Å². The highest BCUT2D eigenvalue weighted by Gasteiger charge is 2.32. The molecular weight excluding hydrogens is 398 g/mol. The first-order chi connectivity index (χ1) is 14.5. The first-order valence-electron chi connectivity index (χ1n) is 9.55. The van der Waals surface area contributed by atoms with Crippen LogP contribution in [-0.2, 0) is 20.9 Å². The number of carbonyl (C=O) groups is 2. The van der Waals surface area contributed by atoms with E-state index in [0.29, 0.717) is 11.4 Å². The van der Waals surface area contributed by atoms with E-state index < -0.39 is 29.6 Å². The number of fused-ring (bicyclic) bond motifs is 2. The van der Waals surface area contributed by atoms with Crippen molar-refractivity contribution in [3.8, 4) is 11.5 Å². The van der Waals surface area contributed by atoms with Gasteiger partial charge in [0.2, 0.25) is 0 Å². The summed E-state index contributed by atoms with van der Waals surface area (Å²) in [4.78, 5) is 25.4. The third kappa shape index (κ3) is 3.87. The summed E-state index contributed by atoms with van der Waals surface area (Å²) in [5.41, 5.74) is 0.804. The van der Waals surface area contributed by atoms with E-state index in [2.05, 4.69) is 5.32 Å². The largest absolute Gasteiger partial charge is 0.489 e. The van der Waals surface area contributed by atoms with Crippen LogP contribution in [0.4, 0.5) is 20.2 Å². The lowest BCUT2D eigenvalue weighted by Crippen LogP contribution is -2.44. The van der Waals surface area contributed by atoms with Crippen molar-refractivity contribution in [3.05, 3.63) is 47.5 Å². The Bertz CT molecular complexity index is 998. The van der Waals surface area contributed by atoms with Crippen molar-refractivity contribution in [2.24, 2.45) is 0 Å². The maximum atomic E-state index is 15.1. The van der Waals surface area contributed by atoms with Crippen LogP contribution in [0.15, 0.2) is 30.3 Å². The highest BCUT2D eigenvalue weighted by Crippen LogP contribution is 2.38. The third-order valence-electron chi connectivity index (χ3n) is 4.96. The molecule has 0 radical (unpaired) electrons. The zero-order valence-electron chi connectivity index (χ0n) is 16.2. The summed E-state index contributed by atoms with van der Waals surface area (Å²) in [5, 5.41) is 2.49. The maximum Gasteiger partial charge on any atom is 0.307 e. The molecule has 2 aliphatic heterocycles. The Hall–Kier alpha value is -3.36. The number of benzene rings is 2. The number of halogens is 2. The molecule has 7 nitrogen and oxygen atoms in total. The molecule has 0 aliphatic carbocycles. The summed E-state index contributed by atoms with van der Waals surface area (Å²) in [6, 6.07) is 6.76. The average Bonchev–Trinajstić information content (AvgIpc) is 2.72. The van der Waals surface area contributed by atoms with Crippen LogP contribution in [0.2, 0.25) is 0 Å². The van der Waals surface area contributed by atoms with Gasteiger partial charge in [0.05, 0.1) is 24.8 Å². The summed E-state index contributed by atoms with van der Waals surface area (Å²) in [5.74, 6) is -1.37. The maximum absolute atomic E-state index is 15.1. The molecule has 2 aromatic carbocycles. The van der Waals surface area contributed by atoms with Crippen LogP contribution in [0.3, 0.4) is 0 Å². The summed E-state index contributed by atoms with van der Waals surface area (Å²) >= 11 is 0. The summed E-state index contributed by atoms with van der Waals surface area (Å²) in [7, 11) is 0. The zero-order valence-corrected chi connectivity index (χ0v) is 16.2. The Kier molecular flexibility index (Phi) is 5.43. The molecule has 0 spiro atoms. The summed E-state index contributed by atoms with van der Waals surface area (Å²) in [6.07, 6.45) is 0.0249. The number of amides is 1. The number of nitrogens with one attached hydrogen (secondary N) is 1. The Morgan fingerprint density at radius 1 is 1.23 bits per heavy atom. The Morgan fingerprint density at radius 3 is 2.87 bits per heavy atom. The molecule has 9 heteroatoms. The molecule has 158 valence electrons. The van der Waals surface area contributed by atoms with Crippen molar-refractivity contribution in [1.29, 1.82) is 0 Å². The first-order valence-corrected chi connectivity index (χ1v) is 9.55. The molecule has 30 heavy (non-hydrogen) atoms. The molecule has 1 N–H and O–H groups in total. The van der Waals surface area contributed by atoms with Gasteiger partial charge in [-0.15, -0.1) is 0 Å². The van der Waals surface area contributed by atoms with Gasteiger partial charge in [-0.25, -0.2) is 8.78 Å². The number of nitrogens with zero attached hydrogens (tertiary/aromatic N) is 1. The lowest BCUT2D eigenvalue weighted by atomic mass is 10.1. The normalized spacial score (nSPS) is 17.2. The summed E-state index contributed by atoms with van der Waals surface area (Å²) in [6.45, 7) is 1.97. The second-order valence-corrected chi connectivity index (χ2v) is 6.96. The number of ether oxygens (including phenoxy) is 3. The fourth-order valence-electron chi connectivity index (χ4n) is 3.57. The standard InChI is InChI=1S/C21H20F2N2O5/c1-2-28-19(27)8-14-10-29-17-7-13(22)4-5-15(17)25(14)9-12-3-6-16-21(20(12)23)24-18(26)11-30-16/h3-7,14H,2,8-11H2,1H3,(H,24,26)/t14-/m0/s1. The molecule has 0 unspecified atom stereocenters. The van der Waals surface area contributed by atoms with E-state index >= 15 is 4.39 Å². The number of esters is 1. The van der Waals surface area contributed by atoms with E-state index in [0.717, 1.165) is 0 Å². The fourth-order valence-corrected chi connectivity index (χ4v) is 3.57. The van der Waals surface area contributed by atoms with Crippen molar-refractivity contribution in [2.45, 2.75) is 25.9 Å². The van der Waals surface area contributed by atoms with E-state index in [1.807, 2.05) is 0 Å². The molecule has 0 fully saturated rings. The molecule has 0 saturated carbocycles. The molecule has 0 bridgehead atoms. The SMILES string of the molecule is CCOC(=O)C[C@H]1COc2cc(F)ccc2N1Cc1ccc2c(c1F)NC(=O)CO2. The Labute approximate surface area is 171 Å². The minimum Gasteiger partial charge on any atom is -0.489 e. The van der Waals surface area contributed by atoms with Gasteiger partial charge in [-0.1, -0.05) is 6.07 Å². The van der Waals surface area contributed by atoms with E-state index in [1.165, 1.54) is 18.2 Å². The molecule has 2 aromatic rings. The van der Waals surface area contributed by atoms with Crippen molar-refractivity contribution < 1.29 is 32.6 Å². The number of hydrogen-bond acceptors (Lipinski definition) is 6. The van der Waals surface area contributed by atoms with Gasteiger partial charge in [0.15, 0.2) is 12.4 Å². The van der Waals surface area contributed by atoms with Crippen molar-refractivity contribution in [2.75, 3.05) is 30.0 Å². The van der Waals surface area contributed by atoms with Crippen LogP contribution in [0, 0.1) is 11.6 Å². The van der Waals surface area contributed by atoms with Gasteiger partial charge in [-0.2, -0.15) is 0 Å². The molecule has 2 aliphatic rings. The monoisotopic (exact) mass is 418 g/mol. The van der Waals surface area contributed by atoms with Crippen LogP contribution < -0.4 is 19.7 Å². The van der Waals surface area contributed by atoms with Crippen LogP contribution in [-0.4, -0.2) is 37.7 Å². The Balaban J connectivity index is 1.68. The molecule has 1 amide bonds. The van der Waals surface area contributed by atoms with Crippen LogP contribution in [0.1, 0.15) is 18.9 Å². The highest BCUT2D eigenvalue weighted by molar-refractivity contribution is 5.95. The molecule has 0 saturated heterocycles. The average molecular weight is 418 g/mol. The molecule has 0 aromatic heterocycles. The quantitative estimate of drug-likeness (QED) is 0.753. The van der Waals surface area contributed by atoms with Gasteiger partial charge in [0.25, 0.3) is 5.91 Å². The number of anilines is 2. The number of rotatable bonds is 5. The number of carbonyl (C=O) groups excluding carboxylic acids is 2. The fraction of sp³-hybridized carbons (Fsp3) is 0.333. The van der Waals surface area contributed by atoms with Crippen LogP contribution >= 0.6 is 0 Å². The Morgan fingerprint density at radius 2 is 2.07 bits per heavy atom. The second-order valence-electron chi connectivity index (χ2n) is 6.96. The van der Waals surface area contributed by atoms with Crippen LogP contribution in [0.5, 0.6) is 11.5 Å². The van der Waals surface area contributed by atoms with Gasteiger partial charge in [-0.3, -0.25) is 9.59 Å². The zero-order chi connectivity index (χ0) is 21.3. The topological polar surface area (TPSA) is 77.1 Å². The lowest BCUT2D eigenvalue weighted by Gasteiger charge is -2.38. The lowest BCUT2D eigenvalue weighted by molar-refractivity contribution is -0.143. The first kappa shape index (κ1) is 19.9. The molecular formula is C21H20F2N2O5. The van der Waals surface area contributed by atoms with Gasteiger partial charge >= 0.3 is 5.97 Å². The predicted molar refractivity (Wildman–Crippen MR) is 104 cm³/mol. The van der Waals surface area contributed by atoms with E-state index in [9.17, 15) is 14.0 Å². The third-order valence-corrected chi connectivity index (χ3v) is 4.96. The van der Waals surface area contributed by atoms with E-state index in [-0.39, 0.29) is 49.8 Å². The van der Waals surface area contributed by atoms with Crippen LogP contribution in [0.25, 0.3) is 0 Å². The molecule has 2 heterocycles. The van der Waals surface area contributed by atoms with Gasteiger partial charge < -0.3 is 24.4 Å². The smallest absolute Gasteiger partial charge is 0.307 e. The van der Waals surface area contributed by atoms with E-state index in [1.54, 1.807) is 24.0 Å². The highest BCUT2D eigenvalue weighted by atomic mass is 19.1. The van der Waals surface area contributed by atoms with Gasteiger partial charge in [-0.05, 0) is 25.1 Å². The minimum atomic E-state index is -0.620. The predicted octanol–water partition coefficient (Wildman–Crippen LogP) is 3.02. The summed E-state index contributed by atoms with van der Waals surface area (Å²) < 4.78 is 44.7. The van der Waals surface area contributed by atoms with Gasteiger partial charge in [0.1, 0.15) is 29.6 Å². The van der Waals surface area contributed by atoms with Crippen molar-refractivity contribution in [1.82, 2.24) is 0 Å². The number of hydrogen-bond donors (Lipinski definition) is 1. The van der Waals surface area contributed by atoms with Crippen molar-refractivity contribution in [3.63, 3.8) is 0 Å². The second kappa shape index (κ2) is 8.17. The van der Waals surface area contributed by atoms with Crippen molar-refractivity contribution >= 4 is 23.3 Å².